The SMILES string of the molecule is CCOC(=O)COc1ccc(C=NNc2nc3ccccc3s2)cc1. The Bertz CT molecular complexity index is 842. The molecule has 25 heavy (non-hydrogen) atoms. The average Bonchev–Trinajstić information content (AvgIpc) is 3.04. The van der Waals surface area contributed by atoms with Crippen molar-refractivity contribution in [2.75, 3.05) is 18.6 Å². The minimum absolute atomic E-state index is 0.0968. The first-order valence-electron chi connectivity index (χ1n) is 7.78. The van der Waals surface area contributed by atoms with E-state index in [1.807, 2.05) is 36.4 Å². The van der Waals surface area contributed by atoms with Crippen molar-refractivity contribution in [3.8, 4) is 5.75 Å². The number of aromatic nitrogens is 1. The Morgan fingerprint density at radius 1 is 1.24 bits per heavy atom. The fraction of sp³-hybridized carbons (Fsp3) is 0.167. The molecule has 0 aliphatic rings. The molecule has 1 N–H and O–H groups in total. The van der Waals surface area contributed by atoms with Gasteiger partial charge in [0.05, 0.1) is 23.0 Å². The second-order valence-electron chi connectivity index (χ2n) is 5.02. The molecule has 0 spiro atoms. The molecule has 1 aromatic heterocycles. The molecule has 0 saturated heterocycles. The quantitative estimate of drug-likeness (QED) is 0.398. The van der Waals surface area contributed by atoms with Crippen molar-refractivity contribution in [2.24, 2.45) is 5.10 Å². The van der Waals surface area contributed by atoms with Crippen molar-refractivity contribution in [1.29, 1.82) is 0 Å². The third kappa shape index (κ3) is 4.77. The van der Waals surface area contributed by atoms with Crippen LogP contribution in [0.25, 0.3) is 10.2 Å². The Labute approximate surface area is 149 Å². The van der Waals surface area contributed by atoms with Crippen LogP contribution in [0, 0.1) is 0 Å². The number of hydrogen-bond donors (Lipinski definition) is 1. The number of fused-ring (bicyclic) bond motifs is 1. The molecule has 0 unspecified atom stereocenters. The molecule has 0 aliphatic carbocycles. The molecular weight excluding hydrogens is 338 g/mol. The average molecular weight is 355 g/mol. The Balaban J connectivity index is 1.53. The van der Waals surface area contributed by atoms with Gasteiger partial charge in [0.2, 0.25) is 5.13 Å². The minimum Gasteiger partial charge on any atom is -0.482 e. The van der Waals surface area contributed by atoms with Gasteiger partial charge < -0.3 is 9.47 Å². The number of benzene rings is 2. The number of nitrogens with one attached hydrogen (secondary N) is 1. The number of carbonyl (C=O) groups is 1. The highest BCUT2D eigenvalue weighted by atomic mass is 32.1. The molecule has 0 saturated carbocycles. The topological polar surface area (TPSA) is 72.8 Å². The fourth-order valence-electron chi connectivity index (χ4n) is 2.08. The van der Waals surface area contributed by atoms with E-state index in [4.69, 9.17) is 9.47 Å². The number of para-hydroxylation sites is 1. The highest BCUT2D eigenvalue weighted by Crippen LogP contribution is 2.25. The lowest BCUT2D eigenvalue weighted by Crippen LogP contribution is -2.14. The molecule has 0 amide bonds. The number of nitrogens with zero attached hydrogens (tertiary/aromatic N) is 2. The molecule has 1 heterocycles. The maximum absolute atomic E-state index is 11.2. The van der Waals surface area contributed by atoms with Gasteiger partial charge >= 0.3 is 5.97 Å². The monoisotopic (exact) mass is 355 g/mol. The number of hydrogen-bond acceptors (Lipinski definition) is 7. The molecule has 128 valence electrons. The van der Waals surface area contributed by atoms with Crippen LogP contribution in [0.5, 0.6) is 5.75 Å². The standard InChI is InChI=1S/C18H17N3O3S/c1-2-23-17(22)12-24-14-9-7-13(8-10-14)11-19-21-18-20-15-5-3-4-6-16(15)25-18/h3-11H,2,12H2,1H3,(H,20,21). The molecule has 0 aliphatic heterocycles. The van der Waals surface area contributed by atoms with Crippen molar-refractivity contribution >= 4 is 38.9 Å². The van der Waals surface area contributed by atoms with E-state index in [1.165, 1.54) is 0 Å². The highest BCUT2D eigenvalue weighted by molar-refractivity contribution is 7.22. The van der Waals surface area contributed by atoms with Gasteiger partial charge in [-0.25, -0.2) is 9.78 Å². The van der Waals surface area contributed by atoms with Crippen LogP contribution in [-0.4, -0.2) is 30.4 Å². The van der Waals surface area contributed by atoms with Gasteiger partial charge in [-0.2, -0.15) is 5.10 Å². The fourth-order valence-corrected chi connectivity index (χ4v) is 2.89. The molecule has 6 nitrogen and oxygen atoms in total. The molecule has 2 aromatic carbocycles. The van der Waals surface area contributed by atoms with Gasteiger partial charge in [-0.1, -0.05) is 23.5 Å². The second-order valence-corrected chi connectivity index (χ2v) is 6.05. The maximum atomic E-state index is 11.2. The molecule has 0 radical (unpaired) electrons. The number of ether oxygens (including phenoxy) is 2. The Kier molecular flexibility index (Phi) is 5.58. The van der Waals surface area contributed by atoms with E-state index in [2.05, 4.69) is 15.5 Å². The number of hydrazone groups is 1. The zero-order valence-electron chi connectivity index (χ0n) is 13.6. The van der Waals surface area contributed by atoms with Crippen molar-refractivity contribution < 1.29 is 14.3 Å². The number of thiazole rings is 1. The zero-order chi connectivity index (χ0) is 17.5. The van der Waals surface area contributed by atoms with Crippen LogP contribution in [0.4, 0.5) is 5.13 Å². The largest absolute Gasteiger partial charge is 0.482 e. The molecule has 7 heteroatoms. The number of rotatable bonds is 7. The van der Waals surface area contributed by atoms with Crippen molar-refractivity contribution in [3.05, 3.63) is 54.1 Å². The highest BCUT2D eigenvalue weighted by Gasteiger charge is 2.03. The number of carbonyl (C=O) groups excluding carboxylic acids is 1. The molecule has 3 aromatic rings. The second kappa shape index (κ2) is 8.25. The normalized spacial score (nSPS) is 10.9. The Morgan fingerprint density at radius 3 is 2.80 bits per heavy atom. The van der Waals surface area contributed by atoms with Crippen LogP contribution in [-0.2, 0) is 9.53 Å². The summed E-state index contributed by atoms with van der Waals surface area (Å²) in [6, 6.07) is 15.2. The molecule has 0 atom stereocenters. The van der Waals surface area contributed by atoms with E-state index in [9.17, 15) is 4.79 Å². The van der Waals surface area contributed by atoms with E-state index in [1.54, 1.807) is 36.6 Å². The summed E-state index contributed by atoms with van der Waals surface area (Å²) in [4.78, 5) is 15.7. The summed E-state index contributed by atoms with van der Waals surface area (Å²) < 4.78 is 11.3. The van der Waals surface area contributed by atoms with Gasteiger partial charge in [-0.3, -0.25) is 5.43 Å². The molecule has 3 rings (SSSR count). The van der Waals surface area contributed by atoms with E-state index in [-0.39, 0.29) is 12.6 Å². The minimum atomic E-state index is -0.381. The van der Waals surface area contributed by atoms with Crippen LogP contribution in [0.1, 0.15) is 12.5 Å². The summed E-state index contributed by atoms with van der Waals surface area (Å²) in [5, 5.41) is 4.94. The third-order valence-corrected chi connectivity index (χ3v) is 4.15. The van der Waals surface area contributed by atoms with Gasteiger partial charge in [0.15, 0.2) is 6.61 Å². The van der Waals surface area contributed by atoms with Crippen LogP contribution < -0.4 is 10.2 Å². The van der Waals surface area contributed by atoms with Crippen LogP contribution in [0.2, 0.25) is 0 Å². The predicted molar refractivity (Wildman–Crippen MR) is 99.4 cm³/mol. The maximum Gasteiger partial charge on any atom is 0.344 e. The number of anilines is 1. The van der Waals surface area contributed by atoms with Crippen LogP contribution in [0.3, 0.4) is 0 Å². The first-order chi connectivity index (χ1) is 12.2. The lowest BCUT2D eigenvalue weighted by molar-refractivity contribution is -0.145. The van der Waals surface area contributed by atoms with Crippen molar-refractivity contribution in [2.45, 2.75) is 6.92 Å². The van der Waals surface area contributed by atoms with Crippen molar-refractivity contribution in [1.82, 2.24) is 4.98 Å². The lowest BCUT2D eigenvalue weighted by atomic mass is 10.2. The summed E-state index contributed by atoms with van der Waals surface area (Å²) in [5.74, 6) is 0.220. The Morgan fingerprint density at radius 2 is 2.04 bits per heavy atom. The summed E-state index contributed by atoms with van der Waals surface area (Å²) in [6.45, 7) is 2.01. The molecular formula is C18H17N3O3S. The molecule has 0 bridgehead atoms. The smallest absolute Gasteiger partial charge is 0.344 e. The van der Waals surface area contributed by atoms with Gasteiger partial charge in [0.1, 0.15) is 5.75 Å². The summed E-state index contributed by atoms with van der Waals surface area (Å²) in [6.07, 6.45) is 1.70. The van der Waals surface area contributed by atoms with E-state index in [0.29, 0.717) is 12.4 Å². The van der Waals surface area contributed by atoms with E-state index < -0.39 is 0 Å². The van der Waals surface area contributed by atoms with Gasteiger partial charge in [0.25, 0.3) is 0 Å². The van der Waals surface area contributed by atoms with Gasteiger partial charge in [-0.05, 0) is 48.9 Å². The summed E-state index contributed by atoms with van der Waals surface area (Å²) in [5.41, 5.74) is 4.79. The van der Waals surface area contributed by atoms with Crippen LogP contribution >= 0.6 is 11.3 Å². The summed E-state index contributed by atoms with van der Waals surface area (Å²) >= 11 is 1.55. The van der Waals surface area contributed by atoms with E-state index in [0.717, 1.165) is 20.9 Å². The summed E-state index contributed by atoms with van der Waals surface area (Å²) in [7, 11) is 0. The van der Waals surface area contributed by atoms with Crippen molar-refractivity contribution in [3.63, 3.8) is 0 Å². The Hall–Kier alpha value is -2.93. The zero-order valence-corrected chi connectivity index (χ0v) is 14.5. The van der Waals surface area contributed by atoms with Gasteiger partial charge in [0, 0.05) is 0 Å². The van der Waals surface area contributed by atoms with Crippen LogP contribution in [0.15, 0.2) is 53.6 Å². The third-order valence-electron chi connectivity index (χ3n) is 3.21. The lowest BCUT2D eigenvalue weighted by Gasteiger charge is -2.05. The molecule has 0 fully saturated rings. The van der Waals surface area contributed by atoms with E-state index >= 15 is 0 Å². The first-order valence-corrected chi connectivity index (χ1v) is 8.59. The van der Waals surface area contributed by atoms with Gasteiger partial charge in [-0.15, -0.1) is 0 Å². The first kappa shape index (κ1) is 16.9. The number of esters is 1. The predicted octanol–water partition coefficient (Wildman–Crippen LogP) is 3.68.